The standard InChI is InChI=1S/C50H64S4/c1-3-5-7-9-11-13-15-17-19-21-23-39-25-29-41(30-26-39)43-33-35-45(51-43)47-37-49-50(53-47)38-48(54-49)46-36-34-44(52-46)42-31-27-40(28-32-42)24-22-20-18-16-14-12-10-8-6-4-2/h25-38H,3-24H2,1-2H3. The minimum atomic E-state index is 1.21. The highest BCUT2D eigenvalue weighted by Gasteiger charge is 2.14. The van der Waals surface area contributed by atoms with Gasteiger partial charge in [0.25, 0.3) is 0 Å². The van der Waals surface area contributed by atoms with Crippen LogP contribution in [-0.4, -0.2) is 0 Å². The monoisotopic (exact) mass is 792 g/mol. The van der Waals surface area contributed by atoms with Gasteiger partial charge in [-0.15, -0.1) is 45.3 Å². The molecule has 0 N–H and O–H groups in total. The largest absolute Gasteiger partial charge is 0.134 e. The van der Waals surface area contributed by atoms with Gasteiger partial charge in [0, 0.05) is 38.7 Å². The Labute approximate surface area is 344 Å². The number of unbranched alkanes of at least 4 members (excludes halogenated alkanes) is 18. The fraction of sp³-hybridized carbons (Fsp3) is 0.480. The van der Waals surface area contributed by atoms with Gasteiger partial charge in [0.2, 0.25) is 0 Å². The third-order valence-corrected chi connectivity index (χ3v) is 16.0. The van der Waals surface area contributed by atoms with E-state index in [1.165, 1.54) is 202 Å². The molecular formula is C50H64S4. The number of benzene rings is 2. The van der Waals surface area contributed by atoms with Crippen molar-refractivity contribution in [2.24, 2.45) is 0 Å². The molecule has 0 atom stereocenters. The minimum Gasteiger partial charge on any atom is -0.134 e. The molecule has 0 radical (unpaired) electrons. The third kappa shape index (κ3) is 12.8. The quantitative estimate of drug-likeness (QED) is 0.0480. The van der Waals surface area contributed by atoms with Gasteiger partial charge in [0.05, 0.1) is 0 Å². The van der Waals surface area contributed by atoms with E-state index >= 15 is 0 Å². The molecule has 0 amide bonds. The first kappa shape index (κ1) is 41.1. The Morgan fingerprint density at radius 3 is 0.963 bits per heavy atom. The summed E-state index contributed by atoms with van der Waals surface area (Å²) >= 11 is 7.74. The van der Waals surface area contributed by atoms with Crippen molar-refractivity contribution in [3.8, 4) is 40.4 Å². The normalized spacial score (nSPS) is 11.7. The molecule has 0 aliphatic heterocycles. The Morgan fingerprint density at radius 2 is 0.611 bits per heavy atom. The lowest BCUT2D eigenvalue weighted by Gasteiger charge is -2.04. The van der Waals surface area contributed by atoms with Gasteiger partial charge in [-0.25, -0.2) is 0 Å². The van der Waals surface area contributed by atoms with Crippen LogP contribution >= 0.6 is 45.3 Å². The summed E-state index contributed by atoms with van der Waals surface area (Å²) in [5, 5.41) is 0. The average molecular weight is 793 g/mol. The maximum absolute atomic E-state index is 2.42. The Bertz CT molecular complexity index is 1730. The number of hydrogen-bond donors (Lipinski definition) is 0. The van der Waals surface area contributed by atoms with Crippen LogP contribution in [0.2, 0.25) is 0 Å². The van der Waals surface area contributed by atoms with E-state index in [1.54, 1.807) is 0 Å². The number of fused-ring (bicyclic) bond motifs is 1. The molecule has 54 heavy (non-hydrogen) atoms. The highest BCUT2D eigenvalue weighted by Crippen LogP contribution is 2.46. The second-order valence-electron chi connectivity index (χ2n) is 15.5. The lowest BCUT2D eigenvalue weighted by molar-refractivity contribution is 0.556. The van der Waals surface area contributed by atoms with E-state index in [9.17, 15) is 0 Å². The number of hydrogen-bond acceptors (Lipinski definition) is 4. The van der Waals surface area contributed by atoms with E-state index in [1.807, 2.05) is 45.3 Å². The van der Waals surface area contributed by atoms with Crippen LogP contribution in [0.15, 0.2) is 84.9 Å². The molecule has 0 unspecified atom stereocenters. The summed E-state index contributed by atoms with van der Waals surface area (Å²) in [6.07, 6.45) is 30.4. The summed E-state index contributed by atoms with van der Waals surface area (Å²) in [7, 11) is 0. The van der Waals surface area contributed by atoms with Gasteiger partial charge in [0.15, 0.2) is 0 Å². The van der Waals surface area contributed by atoms with Crippen molar-refractivity contribution < 1.29 is 0 Å². The molecule has 0 aliphatic rings. The maximum Gasteiger partial charge on any atom is 0.0464 e. The van der Waals surface area contributed by atoms with Crippen LogP contribution in [0.4, 0.5) is 0 Å². The zero-order valence-corrected chi connectivity index (χ0v) is 36.5. The Kier molecular flexibility index (Phi) is 17.5. The topological polar surface area (TPSA) is 0 Å². The van der Waals surface area contributed by atoms with Crippen LogP contribution in [0, 0.1) is 0 Å². The molecule has 6 aromatic rings. The van der Waals surface area contributed by atoms with Crippen molar-refractivity contribution in [1.29, 1.82) is 0 Å². The molecule has 0 spiro atoms. The van der Waals surface area contributed by atoms with Crippen LogP contribution in [0.3, 0.4) is 0 Å². The summed E-state index contributed by atoms with van der Waals surface area (Å²) in [5.74, 6) is 0. The Balaban J connectivity index is 0.932. The average Bonchev–Trinajstić information content (AvgIpc) is 4.02. The van der Waals surface area contributed by atoms with E-state index in [2.05, 4.69) is 98.8 Å². The molecule has 0 fully saturated rings. The van der Waals surface area contributed by atoms with Gasteiger partial charge < -0.3 is 0 Å². The maximum atomic E-state index is 2.42. The summed E-state index contributed by atoms with van der Waals surface area (Å²) in [4.78, 5) is 8.27. The molecule has 288 valence electrons. The van der Waals surface area contributed by atoms with Crippen LogP contribution in [0.5, 0.6) is 0 Å². The third-order valence-electron chi connectivity index (χ3n) is 11.0. The summed E-state index contributed by atoms with van der Waals surface area (Å²) in [6, 6.07) is 32.9. The summed E-state index contributed by atoms with van der Waals surface area (Å²) in [5.41, 5.74) is 5.65. The number of thiophene rings is 4. The highest BCUT2D eigenvalue weighted by molar-refractivity contribution is 7.33. The number of aryl methyl sites for hydroxylation is 2. The van der Waals surface area contributed by atoms with Gasteiger partial charge in [0.1, 0.15) is 0 Å². The Hall–Kier alpha value is -2.50. The Morgan fingerprint density at radius 1 is 0.296 bits per heavy atom. The first-order valence-electron chi connectivity index (χ1n) is 21.6. The molecule has 6 rings (SSSR count). The van der Waals surface area contributed by atoms with Crippen molar-refractivity contribution in [2.75, 3.05) is 0 Å². The van der Waals surface area contributed by atoms with Gasteiger partial charge in [-0.3, -0.25) is 0 Å². The van der Waals surface area contributed by atoms with Gasteiger partial charge in [-0.05, 0) is 84.3 Å². The SMILES string of the molecule is CCCCCCCCCCCCc1ccc(-c2ccc(-c3cc4sc(-c5ccc(-c6ccc(CCCCCCCCCCCC)cc6)s5)cc4s3)s2)cc1. The molecule has 0 aliphatic carbocycles. The van der Waals surface area contributed by atoms with E-state index in [4.69, 9.17) is 0 Å². The van der Waals surface area contributed by atoms with Crippen molar-refractivity contribution in [3.63, 3.8) is 0 Å². The molecule has 4 heteroatoms. The van der Waals surface area contributed by atoms with Crippen molar-refractivity contribution in [3.05, 3.63) is 96.1 Å². The van der Waals surface area contributed by atoms with E-state index < -0.39 is 0 Å². The zero-order chi connectivity index (χ0) is 37.2. The van der Waals surface area contributed by atoms with E-state index in [0.29, 0.717) is 0 Å². The zero-order valence-electron chi connectivity index (χ0n) is 33.3. The fourth-order valence-corrected chi connectivity index (χ4v) is 12.2. The first-order chi connectivity index (χ1) is 26.7. The smallest absolute Gasteiger partial charge is 0.0464 e. The molecule has 0 saturated heterocycles. The van der Waals surface area contributed by atoms with Crippen molar-refractivity contribution in [2.45, 2.75) is 155 Å². The molecule has 0 saturated carbocycles. The second-order valence-corrected chi connectivity index (χ2v) is 19.9. The summed E-state index contributed by atoms with van der Waals surface area (Å²) in [6.45, 7) is 4.60. The van der Waals surface area contributed by atoms with Gasteiger partial charge >= 0.3 is 0 Å². The minimum absolute atomic E-state index is 1.21. The highest BCUT2D eigenvalue weighted by atomic mass is 32.1. The van der Waals surface area contributed by atoms with Gasteiger partial charge in [-0.2, -0.15) is 0 Å². The lowest BCUT2D eigenvalue weighted by Crippen LogP contribution is -1.87. The summed E-state index contributed by atoms with van der Waals surface area (Å²) < 4.78 is 2.81. The predicted octanol–water partition coefficient (Wildman–Crippen LogP) is 18.7. The van der Waals surface area contributed by atoms with Crippen molar-refractivity contribution >= 4 is 54.7 Å². The molecule has 4 heterocycles. The van der Waals surface area contributed by atoms with Crippen LogP contribution in [-0.2, 0) is 12.8 Å². The van der Waals surface area contributed by atoms with Crippen molar-refractivity contribution in [1.82, 2.24) is 0 Å². The van der Waals surface area contributed by atoms with Crippen LogP contribution < -0.4 is 0 Å². The van der Waals surface area contributed by atoms with Crippen LogP contribution in [0.1, 0.15) is 153 Å². The van der Waals surface area contributed by atoms with Crippen LogP contribution in [0.25, 0.3) is 49.8 Å². The molecular weight excluding hydrogens is 729 g/mol. The second kappa shape index (κ2) is 22.9. The molecule has 0 nitrogen and oxygen atoms in total. The fourth-order valence-electron chi connectivity index (χ4n) is 7.63. The molecule has 4 aromatic heterocycles. The van der Waals surface area contributed by atoms with E-state index in [-0.39, 0.29) is 0 Å². The van der Waals surface area contributed by atoms with Gasteiger partial charge in [-0.1, -0.05) is 178 Å². The lowest BCUT2D eigenvalue weighted by atomic mass is 10.0. The number of rotatable bonds is 26. The first-order valence-corrected chi connectivity index (χ1v) is 24.9. The molecule has 0 bridgehead atoms. The molecule has 2 aromatic carbocycles. The van der Waals surface area contributed by atoms with E-state index in [0.717, 1.165) is 0 Å². The predicted molar refractivity (Wildman–Crippen MR) is 248 cm³/mol.